The van der Waals surface area contributed by atoms with Crippen LogP contribution in [-0.4, -0.2) is 42.5 Å². The van der Waals surface area contributed by atoms with Crippen LogP contribution in [0.5, 0.6) is 0 Å². The summed E-state index contributed by atoms with van der Waals surface area (Å²) in [6, 6.07) is 3.33. The first-order valence-corrected chi connectivity index (χ1v) is 8.92. The van der Waals surface area contributed by atoms with E-state index < -0.39 is 15.1 Å². The minimum Gasteiger partial charge on any atom is -0.353 e. The number of anilines is 1. The van der Waals surface area contributed by atoms with Gasteiger partial charge in [-0.25, -0.2) is 13.4 Å². The van der Waals surface area contributed by atoms with Gasteiger partial charge >= 0.3 is 0 Å². The van der Waals surface area contributed by atoms with Gasteiger partial charge in [0.05, 0.1) is 38.3 Å². The lowest BCUT2D eigenvalue weighted by Crippen LogP contribution is -2.45. The molecule has 1 fully saturated rings. The van der Waals surface area contributed by atoms with Crippen LogP contribution in [0, 0.1) is 0 Å². The standard InChI is InChI=1S/C13H13Cl2N3O2S/c1-8-7-18(2-3-21(8,19)20)13-6-16-11-4-9(14)10(15)5-12(11)17-13/h4-6,8H,2-3,7H2,1H3. The van der Waals surface area contributed by atoms with Gasteiger partial charge in [0.25, 0.3) is 0 Å². The highest BCUT2D eigenvalue weighted by Gasteiger charge is 2.30. The smallest absolute Gasteiger partial charge is 0.156 e. The zero-order chi connectivity index (χ0) is 15.2. The largest absolute Gasteiger partial charge is 0.353 e. The maximum Gasteiger partial charge on any atom is 0.156 e. The Morgan fingerprint density at radius 3 is 2.57 bits per heavy atom. The Bertz CT molecular complexity index is 810. The zero-order valence-electron chi connectivity index (χ0n) is 11.3. The summed E-state index contributed by atoms with van der Waals surface area (Å²) in [4.78, 5) is 10.8. The van der Waals surface area contributed by atoms with Gasteiger partial charge in [-0.15, -0.1) is 0 Å². The van der Waals surface area contributed by atoms with Gasteiger partial charge in [0.15, 0.2) is 9.84 Å². The van der Waals surface area contributed by atoms with E-state index in [1.807, 2.05) is 4.90 Å². The number of nitrogens with zero attached hydrogens (tertiary/aromatic N) is 3. The number of hydrogen-bond acceptors (Lipinski definition) is 5. The van der Waals surface area contributed by atoms with Crippen LogP contribution in [0.25, 0.3) is 11.0 Å². The van der Waals surface area contributed by atoms with E-state index >= 15 is 0 Å². The first-order valence-electron chi connectivity index (χ1n) is 6.45. The zero-order valence-corrected chi connectivity index (χ0v) is 13.6. The van der Waals surface area contributed by atoms with Crippen molar-refractivity contribution >= 4 is 49.9 Å². The van der Waals surface area contributed by atoms with Crippen molar-refractivity contribution in [1.82, 2.24) is 9.97 Å². The topological polar surface area (TPSA) is 63.2 Å². The molecular formula is C13H13Cl2N3O2S. The Labute approximate surface area is 132 Å². The lowest BCUT2D eigenvalue weighted by atomic mass is 10.3. The highest BCUT2D eigenvalue weighted by Crippen LogP contribution is 2.27. The fourth-order valence-electron chi connectivity index (χ4n) is 2.31. The summed E-state index contributed by atoms with van der Waals surface area (Å²) in [5.41, 5.74) is 1.30. The Kier molecular flexibility index (Phi) is 3.71. The van der Waals surface area contributed by atoms with E-state index in [-0.39, 0.29) is 5.75 Å². The lowest BCUT2D eigenvalue weighted by molar-refractivity contribution is 0.568. The molecule has 0 N–H and O–H groups in total. The van der Waals surface area contributed by atoms with E-state index in [9.17, 15) is 8.42 Å². The van der Waals surface area contributed by atoms with Crippen LogP contribution in [0.4, 0.5) is 5.82 Å². The maximum absolute atomic E-state index is 11.8. The number of halogens is 2. The van der Waals surface area contributed by atoms with E-state index in [0.717, 1.165) is 0 Å². The molecule has 3 rings (SSSR count). The molecule has 1 aromatic carbocycles. The molecule has 112 valence electrons. The number of benzene rings is 1. The molecule has 0 amide bonds. The summed E-state index contributed by atoms with van der Waals surface area (Å²) >= 11 is 11.9. The van der Waals surface area contributed by atoms with Crippen LogP contribution in [0.2, 0.25) is 10.0 Å². The molecule has 1 saturated heterocycles. The van der Waals surface area contributed by atoms with Crippen LogP contribution in [-0.2, 0) is 9.84 Å². The normalized spacial score (nSPS) is 21.7. The molecule has 2 heterocycles. The first-order chi connectivity index (χ1) is 9.87. The van der Waals surface area contributed by atoms with Crippen molar-refractivity contribution in [1.29, 1.82) is 0 Å². The van der Waals surface area contributed by atoms with E-state index in [1.165, 1.54) is 0 Å². The predicted octanol–water partition coefficient (Wildman–Crippen LogP) is 2.56. The number of fused-ring (bicyclic) bond motifs is 1. The van der Waals surface area contributed by atoms with Crippen LogP contribution >= 0.6 is 23.2 Å². The molecule has 1 aromatic heterocycles. The van der Waals surface area contributed by atoms with Crippen LogP contribution < -0.4 is 4.90 Å². The molecule has 5 nitrogen and oxygen atoms in total. The summed E-state index contributed by atoms with van der Waals surface area (Å²) < 4.78 is 23.5. The van der Waals surface area contributed by atoms with Crippen molar-refractivity contribution < 1.29 is 8.42 Å². The van der Waals surface area contributed by atoms with Crippen LogP contribution in [0.15, 0.2) is 18.3 Å². The fourth-order valence-corrected chi connectivity index (χ4v) is 3.91. The van der Waals surface area contributed by atoms with Crippen molar-refractivity contribution in [2.24, 2.45) is 0 Å². The Morgan fingerprint density at radius 2 is 1.90 bits per heavy atom. The molecule has 2 aromatic rings. The monoisotopic (exact) mass is 345 g/mol. The van der Waals surface area contributed by atoms with Crippen molar-refractivity contribution in [3.63, 3.8) is 0 Å². The molecular weight excluding hydrogens is 333 g/mol. The Balaban J connectivity index is 1.96. The van der Waals surface area contributed by atoms with E-state index in [2.05, 4.69) is 9.97 Å². The number of hydrogen-bond donors (Lipinski definition) is 0. The van der Waals surface area contributed by atoms with Gasteiger partial charge in [0.2, 0.25) is 0 Å². The molecule has 0 spiro atoms. The molecule has 1 unspecified atom stereocenters. The highest BCUT2D eigenvalue weighted by atomic mass is 35.5. The summed E-state index contributed by atoms with van der Waals surface area (Å²) in [5.74, 6) is 0.789. The molecule has 8 heteroatoms. The summed E-state index contributed by atoms with van der Waals surface area (Å²) in [5, 5.41) is 0.451. The summed E-state index contributed by atoms with van der Waals surface area (Å²) in [6.45, 7) is 2.56. The van der Waals surface area contributed by atoms with Gasteiger partial charge < -0.3 is 4.90 Å². The summed E-state index contributed by atoms with van der Waals surface area (Å²) in [7, 11) is -2.99. The van der Waals surface area contributed by atoms with E-state index in [0.29, 0.717) is 40.0 Å². The van der Waals surface area contributed by atoms with Gasteiger partial charge in [-0.3, -0.25) is 4.98 Å². The van der Waals surface area contributed by atoms with Crippen molar-refractivity contribution in [2.75, 3.05) is 23.7 Å². The molecule has 1 aliphatic heterocycles. The molecule has 1 atom stereocenters. The van der Waals surface area contributed by atoms with Crippen molar-refractivity contribution in [3.8, 4) is 0 Å². The predicted molar refractivity (Wildman–Crippen MR) is 85.0 cm³/mol. The minimum absolute atomic E-state index is 0.134. The van der Waals surface area contributed by atoms with Gasteiger partial charge in [-0.1, -0.05) is 23.2 Å². The third-order valence-electron chi connectivity index (χ3n) is 3.63. The molecule has 0 saturated carbocycles. The van der Waals surface area contributed by atoms with Crippen LogP contribution in [0.1, 0.15) is 6.92 Å². The fraction of sp³-hybridized carbons (Fsp3) is 0.385. The second kappa shape index (κ2) is 5.26. The third-order valence-corrected chi connectivity index (χ3v) is 6.48. The Hall–Kier alpha value is -1.11. The molecule has 0 aliphatic carbocycles. The van der Waals surface area contributed by atoms with E-state index in [1.54, 1.807) is 25.3 Å². The van der Waals surface area contributed by atoms with Gasteiger partial charge in [0.1, 0.15) is 5.82 Å². The Morgan fingerprint density at radius 1 is 1.24 bits per heavy atom. The molecule has 0 radical (unpaired) electrons. The van der Waals surface area contributed by atoms with Crippen LogP contribution in [0.3, 0.4) is 0 Å². The van der Waals surface area contributed by atoms with Gasteiger partial charge in [0, 0.05) is 13.1 Å². The third kappa shape index (κ3) is 2.80. The van der Waals surface area contributed by atoms with Crippen molar-refractivity contribution in [2.45, 2.75) is 12.2 Å². The minimum atomic E-state index is -2.99. The maximum atomic E-state index is 11.8. The molecule has 0 bridgehead atoms. The second-order valence-electron chi connectivity index (χ2n) is 5.11. The quantitative estimate of drug-likeness (QED) is 0.794. The number of rotatable bonds is 1. The van der Waals surface area contributed by atoms with Gasteiger partial charge in [-0.05, 0) is 19.1 Å². The molecule has 21 heavy (non-hydrogen) atoms. The average molecular weight is 346 g/mol. The average Bonchev–Trinajstić information content (AvgIpc) is 2.43. The number of sulfone groups is 1. The highest BCUT2D eigenvalue weighted by molar-refractivity contribution is 7.92. The van der Waals surface area contributed by atoms with Crippen molar-refractivity contribution in [3.05, 3.63) is 28.4 Å². The summed E-state index contributed by atoms with van der Waals surface area (Å²) in [6.07, 6.45) is 1.64. The number of aromatic nitrogens is 2. The van der Waals surface area contributed by atoms with Gasteiger partial charge in [-0.2, -0.15) is 0 Å². The first kappa shape index (κ1) is 14.8. The van der Waals surface area contributed by atoms with E-state index in [4.69, 9.17) is 23.2 Å². The lowest BCUT2D eigenvalue weighted by Gasteiger charge is -2.31. The molecule has 1 aliphatic rings. The SMILES string of the molecule is CC1CN(c2cnc3cc(Cl)c(Cl)cc3n2)CCS1(=O)=O. The second-order valence-corrected chi connectivity index (χ2v) is 8.46.